The molecule has 0 bridgehead atoms. The van der Waals surface area contributed by atoms with E-state index in [1.807, 2.05) is 12.1 Å². The number of aryl methyl sites for hydroxylation is 2. The highest BCUT2D eigenvalue weighted by atomic mass is 32.2. The summed E-state index contributed by atoms with van der Waals surface area (Å²) < 4.78 is 0. The number of nitrogen functional groups attached to an aromatic ring is 1. The lowest BCUT2D eigenvalue weighted by atomic mass is 10.2. The average molecular weight is 229 g/mol. The van der Waals surface area contributed by atoms with E-state index >= 15 is 0 Å². The lowest BCUT2D eigenvalue weighted by Gasteiger charge is -2.06. The molecule has 0 atom stereocenters. The highest BCUT2D eigenvalue weighted by Gasteiger charge is 2.01. The molecule has 82 valence electrons. The molecule has 2 rings (SSSR count). The molecule has 0 unspecified atom stereocenters. The molecule has 0 radical (unpaired) electrons. The number of nitrogens with two attached hydrogens (primary N) is 1. The standard InChI is InChI=1S/C14H15NS/c1-10-3-4-11(2)14(9-10)16-13-7-5-12(15)6-8-13/h3-9H,15H2,1-2H3. The maximum absolute atomic E-state index is 5.66. The Morgan fingerprint density at radius 2 is 1.62 bits per heavy atom. The van der Waals surface area contributed by atoms with Gasteiger partial charge in [0.25, 0.3) is 0 Å². The highest BCUT2D eigenvalue weighted by Crippen LogP contribution is 2.31. The number of hydrogen-bond acceptors (Lipinski definition) is 2. The SMILES string of the molecule is Cc1ccc(C)c(Sc2ccc(N)cc2)c1. The van der Waals surface area contributed by atoms with Gasteiger partial charge < -0.3 is 5.73 Å². The van der Waals surface area contributed by atoms with E-state index in [-0.39, 0.29) is 0 Å². The molecule has 1 nitrogen and oxygen atoms in total. The molecule has 0 aliphatic rings. The zero-order valence-corrected chi connectivity index (χ0v) is 10.3. The fraction of sp³-hybridized carbons (Fsp3) is 0.143. The van der Waals surface area contributed by atoms with Gasteiger partial charge in [-0.15, -0.1) is 0 Å². The van der Waals surface area contributed by atoms with E-state index in [1.165, 1.54) is 20.9 Å². The first-order chi connectivity index (χ1) is 7.65. The van der Waals surface area contributed by atoms with Gasteiger partial charge in [0.1, 0.15) is 0 Å². The van der Waals surface area contributed by atoms with Gasteiger partial charge in [-0.2, -0.15) is 0 Å². The van der Waals surface area contributed by atoms with E-state index in [2.05, 4.69) is 44.2 Å². The highest BCUT2D eigenvalue weighted by molar-refractivity contribution is 7.99. The minimum atomic E-state index is 0.810. The molecular formula is C14H15NS. The minimum Gasteiger partial charge on any atom is -0.399 e. The molecule has 0 aromatic heterocycles. The van der Waals surface area contributed by atoms with Crippen LogP contribution in [0.4, 0.5) is 5.69 Å². The molecule has 0 saturated heterocycles. The van der Waals surface area contributed by atoms with Crippen LogP contribution in [-0.2, 0) is 0 Å². The van der Waals surface area contributed by atoms with Crippen molar-refractivity contribution in [2.75, 3.05) is 5.73 Å². The summed E-state index contributed by atoms with van der Waals surface area (Å²) in [6, 6.07) is 14.5. The summed E-state index contributed by atoms with van der Waals surface area (Å²) in [6.07, 6.45) is 0. The van der Waals surface area contributed by atoms with E-state index in [0.717, 1.165) is 5.69 Å². The van der Waals surface area contributed by atoms with Crippen molar-refractivity contribution in [3.05, 3.63) is 53.6 Å². The molecule has 2 N–H and O–H groups in total. The van der Waals surface area contributed by atoms with Gasteiger partial charge in [0.15, 0.2) is 0 Å². The Hall–Kier alpha value is -1.41. The second-order valence-corrected chi connectivity index (χ2v) is 5.06. The lowest BCUT2D eigenvalue weighted by molar-refractivity contribution is 1.25. The van der Waals surface area contributed by atoms with E-state index in [1.54, 1.807) is 11.8 Å². The first-order valence-electron chi connectivity index (χ1n) is 5.26. The van der Waals surface area contributed by atoms with Crippen LogP contribution in [0.3, 0.4) is 0 Å². The summed E-state index contributed by atoms with van der Waals surface area (Å²) in [5.74, 6) is 0. The normalized spacial score (nSPS) is 10.4. The molecular weight excluding hydrogens is 214 g/mol. The second kappa shape index (κ2) is 4.62. The fourth-order valence-corrected chi connectivity index (χ4v) is 2.48. The van der Waals surface area contributed by atoms with Crippen LogP contribution in [0.15, 0.2) is 52.3 Å². The largest absolute Gasteiger partial charge is 0.399 e. The average Bonchev–Trinajstić information content (AvgIpc) is 2.27. The van der Waals surface area contributed by atoms with Crippen LogP contribution in [-0.4, -0.2) is 0 Å². The quantitative estimate of drug-likeness (QED) is 0.787. The molecule has 2 aromatic rings. The topological polar surface area (TPSA) is 26.0 Å². The molecule has 2 aromatic carbocycles. The first-order valence-corrected chi connectivity index (χ1v) is 6.07. The van der Waals surface area contributed by atoms with Crippen LogP contribution in [0, 0.1) is 13.8 Å². The molecule has 0 heterocycles. The molecule has 0 amide bonds. The zero-order valence-electron chi connectivity index (χ0n) is 9.53. The third kappa shape index (κ3) is 2.58. The van der Waals surface area contributed by atoms with E-state index < -0.39 is 0 Å². The van der Waals surface area contributed by atoms with Crippen molar-refractivity contribution in [1.82, 2.24) is 0 Å². The number of anilines is 1. The van der Waals surface area contributed by atoms with Crippen LogP contribution in [0.1, 0.15) is 11.1 Å². The van der Waals surface area contributed by atoms with Crippen molar-refractivity contribution in [2.24, 2.45) is 0 Å². The Balaban J connectivity index is 2.26. The lowest BCUT2D eigenvalue weighted by Crippen LogP contribution is -1.84. The van der Waals surface area contributed by atoms with Gasteiger partial charge in [-0.05, 0) is 55.3 Å². The Labute approximate surface area is 101 Å². The number of hydrogen-bond donors (Lipinski definition) is 1. The summed E-state index contributed by atoms with van der Waals surface area (Å²) in [5, 5.41) is 0. The smallest absolute Gasteiger partial charge is 0.0314 e. The van der Waals surface area contributed by atoms with Gasteiger partial charge >= 0.3 is 0 Å². The molecule has 2 heteroatoms. The Kier molecular flexibility index (Phi) is 3.20. The van der Waals surface area contributed by atoms with Crippen LogP contribution < -0.4 is 5.73 Å². The Morgan fingerprint density at radius 1 is 0.938 bits per heavy atom. The van der Waals surface area contributed by atoms with Crippen molar-refractivity contribution in [1.29, 1.82) is 0 Å². The monoisotopic (exact) mass is 229 g/mol. The van der Waals surface area contributed by atoms with Crippen LogP contribution in [0.25, 0.3) is 0 Å². The minimum absolute atomic E-state index is 0.810. The molecule has 0 fully saturated rings. The predicted octanol–water partition coefficient (Wildman–Crippen LogP) is 4.04. The molecule has 0 aliphatic heterocycles. The fourth-order valence-electron chi connectivity index (χ4n) is 1.48. The Bertz CT molecular complexity index is 489. The van der Waals surface area contributed by atoms with E-state index in [4.69, 9.17) is 5.73 Å². The van der Waals surface area contributed by atoms with Gasteiger partial charge in [0.2, 0.25) is 0 Å². The first kappa shape index (κ1) is 11.1. The van der Waals surface area contributed by atoms with Crippen LogP contribution in [0.2, 0.25) is 0 Å². The second-order valence-electron chi connectivity index (χ2n) is 3.94. The van der Waals surface area contributed by atoms with Crippen molar-refractivity contribution in [3.8, 4) is 0 Å². The van der Waals surface area contributed by atoms with Gasteiger partial charge in [-0.3, -0.25) is 0 Å². The molecule has 0 aliphatic carbocycles. The van der Waals surface area contributed by atoms with Gasteiger partial charge in [0, 0.05) is 15.5 Å². The maximum Gasteiger partial charge on any atom is 0.0314 e. The number of benzene rings is 2. The molecule has 16 heavy (non-hydrogen) atoms. The third-order valence-electron chi connectivity index (χ3n) is 2.45. The number of rotatable bonds is 2. The predicted molar refractivity (Wildman–Crippen MR) is 70.9 cm³/mol. The van der Waals surface area contributed by atoms with Crippen LogP contribution >= 0.6 is 11.8 Å². The van der Waals surface area contributed by atoms with Crippen LogP contribution in [0.5, 0.6) is 0 Å². The third-order valence-corrected chi connectivity index (χ3v) is 3.62. The summed E-state index contributed by atoms with van der Waals surface area (Å²) in [7, 11) is 0. The zero-order chi connectivity index (χ0) is 11.5. The van der Waals surface area contributed by atoms with Gasteiger partial charge in [-0.1, -0.05) is 23.9 Å². The summed E-state index contributed by atoms with van der Waals surface area (Å²) in [4.78, 5) is 2.53. The van der Waals surface area contributed by atoms with Crippen molar-refractivity contribution < 1.29 is 0 Å². The Morgan fingerprint density at radius 3 is 2.31 bits per heavy atom. The van der Waals surface area contributed by atoms with Crippen molar-refractivity contribution in [3.63, 3.8) is 0 Å². The molecule has 0 saturated carbocycles. The van der Waals surface area contributed by atoms with Crippen molar-refractivity contribution >= 4 is 17.4 Å². The maximum atomic E-state index is 5.66. The summed E-state index contributed by atoms with van der Waals surface area (Å²) in [5.41, 5.74) is 9.08. The summed E-state index contributed by atoms with van der Waals surface area (Å²) >= 11 is 1.78. The molecule has 0 spiro atoms. The van der Waals surface area contributed by atoms with Gasteiger partial charge in [0.05, 0.1) is 0 Å². The van der Waals surface area contributed by atoms with E-state index in [9.17, 15) is 0 Å². The summed E-state index contributed by atoms with van der Waals surface area (Å²) in [6.45, 7) is 4.26. The van der Waals surface area contributed by atoms with E-state index in [0.29, 0.717) is 0 Å². The van der Waals surface area contributed by atoms with Crippen molar-refractivity contribution in [2.45, 2.75) is 23.6 Å². The van der Waals surface area contributed by atoms with Gasteiger partial charge in [-0.25, -0.2) is 0 Å².